The molecule has 128 valence electrons. The van der Waals surface area contributed by atoms with E-state index in [0.717, 1.165) is 48.3 Å². The lowest BCUT2D eigenvalue weighted by atomic mass is 9.06. The van der Waals surface area contributed by atoms with Crippen LogP contribution in [0, 0.1) is 5.92 Å². The minimum absolute atomic E-state index is 0.908. The van der Waals surface area contributed by atoms with E-state index in [4.69, 9.17) is 0 Å². The molecule has 0 atom stereocenters. The van der Waals surface area contributed by atoms with Crippen LogP contribution in [0.25, 0.3) is 0 Å². The van der Waals surface area contributed by atoms with Gasteiger partial charge in [0.25, 0.3) is 0 Å². The van der Waals surface area contributed by atoms with Gasteiger partial charge in [-0.05, 0) is 5.92 Å². The van der Waals surface area contributed by atoms with E-state index < -0.39 is 0 Å². The van der Waals surface area contributed by atoms with E-state index in [-0.39, 0.29) is 0 Å². The average Bonchev–Trinajstić information content (AvgIpc) is 2.51. The molecule has 0 saturated carbocycles. The van der Waals surface area contributed by atoms with Crippen molar-refractivity contribution in [3.05, 3.63) is 0 Å². The number of hydrogen-bond acceptors (Lipinski definition) is 0. The molecule has 0 aromatic rings. The Morgan fingerprint density at radius 3 is 1.17 bits per heavy atom. The van der Waals surface area contributed by atoms with E-state index in [1.165, 1.54) is 0 Å². The Balaban J connectivity index is 1.61. The molecule has 0 nitrogen and oxygen atoms in total. The van der Waals surface area contributed by atoms with Gasteiger partial charge >= 0.3 is 0 Å². The van der Waals surface area contributed by atoms with Crippen LogP contribution in [0.15, 0.2) is 0 Å². The molecule has 0 radical (unpaired) electrons. The van der Waals surface area contributed by atoms with Gasteiger partial charge in [0.05, 0.1) is 0 Å². The predicted molar refractivity (Wildman–Crippen MR) is 105 cm³/mol. The SMILES string of the molecule is CC(C)CC(B1C2CCCC1CCC2)B1C2CCCC1CCC2. The fraction of sp³-hybridized carbons (Fsp3) is 1.00. The second-order valence-corrected chi connectivity index (χ2v) is 10.2. The molecule has 4 rings (SSSR count). The summed E-state index contributed by atoms with van der Waals surface area (Å²) in [5.41, 5.74) is 1.10. The van der Waals surface area contributed by atoms with Crippen LogP contribution in [0.1, 0.15) is 97.3 Å². The summed E-state index contributed by atoms with van der Waals surface area (Å²) in [6.07, 6.45) is 20.4. The largest absolute Gasteiger partial charge is 0.142 e. The molecule has 0 N–H and O–H groups in total. The molecular formula is C21H38B2. The first-order chi connectivity index (χ1) is 11.2. The standard InChI is InChI=1S/C21H38B2/c1-16(2)15-21(22-17-7-3-8-18(22)10-4-9-17)23-19-11-5-12-20(23)14-6-13-19/h16-21H,3-15H2,1-2H3. The monoisotopic (exact) mass is 312 g/mol. The molecular weight excluding hydrogens is 274 g/mol. The minimum atomic E-state index is 0.908. The maximum atomic E-state index is 2.50. The molecule has 4 aliphatic rings. The number of rotatable bonds is 4. The molecule has 4 bridgehead atoms. The van der Waals surface area contributed by atoms with Crippen molar-refractivity contribution in [2.45, 2.75) is 126 Å². The lowest BCUT2D eigenvalue weighted by molar-refractivity contribution is 0.416. The number of fused-ring (bicyclic) bond motifs is 4. The summed E-state index contributed by atoms with van der Waals surface area (Å²) >= 11 is 0. The quantitative estimate of drug-likeness (QED) is 0.484. The van der Waals surface area contributed by atoms with E-state index in [2.05, 4.69) is 13.8 Å². The lowest BCUT2D eigenvalue weighted by Crippen LogP contribution is -2.49. The molecule has 0 aromatic heterocycles. The first-order valence-corrected chi connectivity index (χ1v) is 11.2. The van der Waals surface area contributed by atoms with Crippen LogP contribution in [-0.2, 0) is 0 Å². The summed E-state index contributed by atoms with van der Waals surface area (Å²) in [6.45, 7) is 7.27. The Labute approximate surface area is 146 Å². The highest BCUT2D eigenvalue weighted by Crippen LogP contribution is 2.58. The second-order valence-electron chi connectivity index (χ2n) is 10.2. The van der Waals surface area contributed by atoms with E-state index in [1.54, 1.807) is 83.5 Å². The van der Waals surface area contributed by atoms with E-state index >= 15 is 0 Å². The van der Waals surface area contributed by atoms with Crippen LogP contribution in [0.4, 0.5) is 0 Å². The Bertz CT molecular complexity index is 317. The van der Waals surface area contributed by atoms with Gasteiger partial charge < -0.3 is 0 Å². The van der Waals surface area contributed by atoms with Gasteiger partial charge in [0, 0.05) is 0 Å². The molecule has 0 amide bonds. The summed E-state index contributed by atoms with van der Waals surface area (Å²) in [5.74, 6) is 5.39. The summed E-state index contributed by atoms with van der Waals surface area (Å²) in [7, 11) is 0. The zero-order valence-corrected chi connectivity index (χ0v) is 15.8. The van der Waals surface area contributed by atoms with Crippen molar-refractivity contribution in [3.63, 3.8) is 0 Å². The Morgan fingerprint density at radius 1 is 0.609 bits per heavy atom. The molecule has 0 aliphatic carbocycles. The van der Waals surface area contributed by atoms with Crippen molar-refractivity contribution in [3.8, 4) is 0 Å². The molecule has 2 heteroatoms. The van der Waals surface area contributed by atoms with Crippen LogP contribution in [0.5, 0.6) is 0 Å². The van der Waals surface area contributed by atoms with Crippen molar-refractivity contribution in [1.29, 1.82) is 0 Å². The molecule has 0 aromatic carbocycles. The van der Waals surface area contributed by atoms with Gasteiger partial charge in [-0.3, -0.25) is 0 Å². The van der Waals surface area contributed by atoms with E-state index in [9.17, 15) is 0 Å². The highest BCUT2D eigenvalue weighted by molar-refractivity contribution is 6.83. The van der Waals surface area contributed by atoms with Crippen molar-refractivity contribution < 1.29 is 0 Å². The summed E-state index contributed by atoms with van der Waals surface area (Å²) in [4.78, 5) is 0. The Morgan fingerprint density at radius 2 is 0.913 bits per heavy atom. The maximum Gasteiger partial charge on any atom is 0.142 e. The van der Waals surface area contributed by atoms with Crippen molar-refractivity contribution in [2.75, 3.05) is 0 Å². The fourth-order valence-electron chi connectivity index (χ4n) is 7.97. The van der Waals surface area contributed by atoms with Gasteiger partial charge in [-0.2, -0.15) is 0 Å². The normalized spacial score (nSPS) is 38.7. The molecule has 4 fully saturated rings. The topological polar surface area (TPSA) is 0 Å². The van der Waals surface area contributed by atoms with Crippen molar-refractivity contribution in [2.24, 2.45) is 5.92 Å². The van der Waals surface area contributed by atoms with Gasteiger partial charge in [0.15, 0.2) is 0 Å². The van der Waals surface area contributed by atoms with Crippen LogP contribution in [-0.4, -0.2) is 13.4 Å². The molecule has 4 saturated heterocycles. The third-order valence-electron chi connectivity index (χ3n) is 8.51. The van der Waals surface area contributed by atoms with Gasteiger partial charge in [-0.25, -0.2) is 0 Å². The predicted octanol–water partition coefficient (Wildman–Crippen LogP) is 7.15. The highest BCUT2D eigenvalue weighted by Gasteiger charge is 2.51. The maximum absolute atomic E-state index is 2.50. The second kappa shape index (κ2) is 7.17. The molecule has 4 heterocycles. The van der Waals surface area contributed by atoms with Crippen LogP contribution in [0.2, 0.25) is 29.0 Å². The van der Waals surface area contributed by atoms with Gasteiger partial charge in [0.1, 0.15) is 13.4 Å². The summed E-state index contributed by atoms with van der Waals surface area (Å²) in [6, 6.07) is 0. The summed E-state index contributed by atoms with van der Waals surface area (Å²) in [5, 5.41) is 0. The first-order valence-electron chi connectivity index (χ1n) is 11.2. The van der Waals surface area contributed by atoms with Gasteiger partial charge in [-0.15, -0.1) is 0 Å². The van der Waals surface area contributed by atoms with Gasteiger partial charge in [0.2, 0.25) is 0 Å². The number of hydrogen-bond donors (Lipinski definition) is 0. The molecule has 0 unspecified atom stereocenters. The Kier molecular flexibility index (Phi) is 5.17. The fourth-order valence-corrected chi connectivity index (χ4v) is 7.97. The summed E-state index contributed by atoms with van der Waals surface area (Å²) < 4.78 is 0. The van der Waals surface area contributed by atoms with Gasteiger partial charge in [-0.1, -0.05) is 126 Å². The Hall–Kier alpha value is 0.130. The zero-order valence-electron chi connectivity index (χ0n) is 15.8. The zero-order chi connectivity index (χ0) is 15.8. The average molecular weight is 312 g/mol. The molecule has 0 spiro atoms. The third-order valence-corrected chi connectivity index (χ3v) is 8.51. The first kappa shape index (κ1) is 16.6. The van der Waals surface area contributed by atoms with Crippen LogP contribution < -0.4 is 0 Å². The smallest absolute Gasteiger partial charge is 0.0817 e. The third kappa shape index (κ3) is 3.30. The van der Waals surface area contributed by atoms with Crippen LogP contribution in [0.3, 0.4) is 0 Å². The highest BCUT2D eigenvalue weighted by atomic mass is 14.3. The minimum Gasteiger partial charge on any atom is -0.0817 e. The van der Waals surface area contributed by atoms with E-state index in [0.29, 0.717) is 0 Å². The van der Waals surface area contributed by atoms with Crippen molar-refractivity contribution >= 4 is 13.4 Å². The van der Waals surface area contributed by atoms with Crippen molar-refractivity contribution in [1.82, 2.24) is 0 Å². The molecule has 23 heavy (non-hydrogen) atoms. The lowest BCUT2D eigenvalue weighted by Gasteiger charge is -2.52. The van der Waals surface area contributed by atoms with E-state index in [1.807, 2.05) is 0 Å². The van der Waals surface area contributed by atoms with Crippen LogP contribution >= 0.6 is 0 Å². The molecule has 4 aliphatic heterocycles.